The van der Waals surface area contributed by atoms with Crippen molar-refractivity contribution in [2.24, 2.45) is 11.1 Å². The number of likely N-dealkylation sites (tertiary alicyclic amines) is 1. The molecule has 1 fully saturated rings. The number of nitrogens with two attached hydrogens (primary N) is 1. The lowest BCUT2D eigenvalue weighted by molar-refractivity contribution is 0.261. The van der Waals surface area contributed by atoms with Crippen molar-refractivity contribution in [3.63, 3.8) is 0 Å². The molecule has 2 atom stereocenters. The van der Waals surface area contributed by atoms with E-state index in [0.29, 0.717) is 11.3 Å². The highest BCUT2D eigenvalue weighted by Crippen LogP contribution is 2.28. The molecule has 0 unspecified atom stereocenters. The highest BCUT2D eigenvalue weighted by atomic mass is 35.5. The molecule has 0 bridgehead atoms. The van der Waals surface area contributed by atoms with Crippen LogP contribution in [0, 0.1) is 5.41 Å². The van der Waals surface area contributed by atoms with Crippen molar-refractivity contribution in [2.45, 2.75) is 39.2 Å². The van der Waals surface area contributed by atoms with Crippen LogP contribution in [0.3, 0.4) is 0 Å². The van der Waals surface area contributed by atoms with E-state index in [2.05, 4.69) is 56.0 Å². The largest absolute Gasteiger partial charge is 0.326 e. The van der Waals surface area contributed by atoms with Crippen molar-refractivity contribution in [3.8, 4) is 0 Å². The molecular formula is C16H27ClN2. The minimum atomic E-state index is 0. The summed E-state index contributed by atoms with van der Waals surface area (Å²) in [5.74, 6) is 0.506. The van der Waals surface area contributed by atoms with Crippen LogP contribution in [0.25, 0.3) is 0 Å². The number of hydrogen-bond acceptors (Lipinski definition) is 2. The number of hydrogen-bond donors (Lipinski definition) is 1. The molecule has 1 aliphatic heterocycles. The van der Waals surface area contributed by atoms with E-state index in [1.165, 1.54) is 18.5 Å². The quantitative estimate of drug-likeness (QED) is 0.922. The van der Waals surface area contributed by atoms with Gasteiger partial charge in [0.05, 0.1) is 0 Å². The molecule has 0 aliphatic carbocycles. The molecule has 0 amide bonds. The SMILES string of the molecule is CC(C)(C)CCN1C[C@@H](N)[C@H](c2ccccc2)C1.Cl. The topological polar surface area (TPSA) is 29.3 Å². The Labute approximate surface area is 123 Å². The molecule has 0 spiro atoms. The van der Waals surface area contributed by atoms with Gasteiger partial charge in [-0.05, 0) is 23.9 Å². The van der Waals surface area contributed by atoms with Gasteiger partial charge in [-0.15, -0.1) is 12.4 Å². The van der Waals surface area contributed by atoms with Crippen LogP contribution in [-0.2, 0) is 0 Å². The third kappa shape index (κ3) is 4.79. The summed E-state index contributed by atoms with van der Waals surface area (Å²) >= 11 is 0. The first kappa shape index (κ1) is 16.5. The van der Waals surface area contributed by atoms with Gasteiger partial charge in [0.2, 0.25) is 0 Å². The molecular weight excluding hydrogens is 256 g/mol. The summed E-state index contributed by atoms with van der Waals surface area (Å²) in [4.78, 5) is 2.52. The highest BCUT2D eigenvalue weighted by molar-refractivity contribution is 5.85. The number of benzene rings is 1. The van der Waals surface area contributed by atoms with Crippen LogP contribution >= 0.6 is 12.4 Å². The van der Waals surface area contributed by atoms with Crippen molar-refractivity contribution in [2.75, 3.05) is 19.6 Å². The summed E-state index contributed by atoms with van der Waals surface area (Å²) in [6.45, 7) is 10.2. The maximum atomic E-state index is 6.30. The average molecular weight is 283 g/mol. The van der Waals surface area contributed by atoms with Crippen molar-refractivity contribution in [1.29, 1.82) is 0 Å². The van der Waals surface area contributed by atoms with E-state index in [9.17, 15) is 0 Å². The number of halogens is 1. The second kappa shape index (κ2) is 6.74. The van der Waals surface area contributed by atoms with E-state index in [1.807, 2.05) is 0 Å². The summed E-state index contributed by atoms with van der Waals surface area (Å²) in [7, 11) is 0. The predicted octanol–water partition coefficient (Wildman–Crippen LogP) is 3.27. The van der Waals surface area contributed by atoms with E-state index >= 15 is 0 Å². The molecule has 1 heterocycles. The molecule has 1 aromatic carbocycles. The zero-order valence-electron chi connectivity index (χ0n) is 12.3. The van der Waals surface area contributed by atoms with Crippen molar-refractivity contribution >= 4 is 12.4 Å². The maximum Gasteiger partial charge on any atom is 0.0249 e. The lowest BCUT2D eigenvalue weighted by atomic mass is 9.92. The molecule has 108 valence electrons. The number of nitrogens with zero attached hydrogens (tertiary/aromatic N) is 1. The second-order valence-electron chi connectivity index (χ2n) is 6.75. The molecule has 0 radical (unpaired) electrons. The first-order valence-corrected chi connectivity index (χ1v) is 6.98. The molecule has 2 nitrogen and oxygen atoms in total. The van der Waals surface area contributed by atoms with Gasteiger partial charge in [-0.1, -0.05) is 51.1 Å². The van der Waals surface area contributed by atoms with E-state index in [4.69, 9.17) is 5.73 Å². The fraction of sp³-hybridized carbons (Fsp3) is 0.625. The summed E-state index contributed by atoms with van der Waals surface area (Å²) < 4.78 is 0. The monoisotopic (exact) mass is 282 g/mol. The van der Waals surface area contributed by atoms with Crippen molar-refractivity contribution in [3.05, 3.63) is 35.9 Å². The normalized spacial score (nSPS) is 24.2. The lowest BCUT2D eigenvalue weighted by Crippen LogP contribution is -2.30. The Morgan fingerprint density at radius 2 is 1.79 bits per heavy atom. The summed E-state index contributed by atoms with van der Waals surface area (Å²) in [6.07, 6.45) is 1.24. The van der Waals surface area contributed by atoms with Gasteiger partial charge in [0.1, 0.15) is 0 Å². The Hall–Kier alpha value is -0.570. The zero-order chi connectivity index (χ0) is 13.2. The third-order valence-electron chi connectivity index (χ3n) is 3.85. The predicted molar refractivity (Wildman–Crippen MR) is 84.9 cm³/mol. The Morgan fingerprint density at radius 1 is 1.16 bits per heavy atom. The molecule has 0 saturated carbocycles. The fourth-order valence-electron chi connectivity index (χ4n) is 2.64. The van der Waals surface area contributed by atoms with Gasteiger partial charge in [0.15, 0.2) is 0 Å². The lowest BCUT2D eigenvalue weighted by Gasteiger charge is -2.23. The Kier molecular flexibility index (Phi) is 5.84. The molecule has 3 heteroatoms. The second-order valence-corrected chi connectivity index (χ2v) is 6.75. The van der Waals surface area contributed by atoms with Crippen LogP contribution in [0.4, 0.5) is 0 Å². The molecule has 1 saturated heterocycles. The van der Waals surface area contributed by atoms with E-state index in [-0.39, 0.29) is 18.4 Å². The van der Waals surface area contributed by atoms with Gasteiger partial charge in [0, 0.05) is 25.0 Å². The fourth-order valence-corrected chi connectivity index (χ4v) is 2.64. The van der Waals surface area contributed by atoms with Crippen LogP contribution in [0.5, 0.6) is 0 Å². The van der Waals surface area contributed by atoms with Crippen LogP contribution in [0.1, 0.15) is 38.7 Å². The Bertz CT molecular complexity index is 372. The molecule has 1 aromatic rings. The molecule has 2 N–H and O–H groups in total. The van der Waals surface area contributed by atoms with Gasteiger partial charge in [-0.2, -0.15) is 0 Å². The number of rotatable bonds is 3. The van der Waals surface area contributed by atoms with E-state index in [1.54, 1.807) is 0 Å². The first-order valence-electron chi connectivity index (χ1n) is 6.98. The summed E-state index contributed by atoms with van der Waals surface area (Å²) in [5.41, 5.74) is 8.10. The Balaban J connectivity index is 0.00000180. The van der Waals surface area contributed by atoms with Crippen molar-refractivity contribution < 1.29 is 0 Å². The van der Waals surface area contributed by atoms with Crippen LogP contribution in [0.15, 0.2) is 30.3 Å². The van der Waals surface area contributed by atoms with Gasteiger partial charge < -0.3 is 10.6 Å². The highest BCUT2D eigenvalue weighted by Gasteiger charge is 2.31. The summed E-state index contributed by atoms with van der Waals surface area (Å²) in [5, 5.41) is 0. The van der Waals surface area contributed by atoms with Gasteiger partial charge >= 0.3 is 0 Å². The van der Waals surface area contributed by atoms with Crippen LogP contribution < -0.4 is 5.73 Å². The van der Waals surface area contributed by atoms with Gasteiger partial charge in [-0.25, -0.2) is 0 Å². The minimum Gasteiger partial charge on any atom is -0.326 e. The minimum absolute atomic E-state index is 0. The van der Waals surface area contributed by atoms with E-state index < -0.39 is 0 Å². The molecule has 0 aromatic heterocycles. The van der Waals surface area contributed by atoms with Crippen molar-refractivity contribution in [1.82, 2.24) is 4.90 Å². The smallest absolute Gasteiger partial charge is 0.0249 e. The van der Waals surface area contributed by atoms with Gasteiger partial charge in [-0.3, -0.25) is 0 Å². The van der Waals surface area contributed by atoms with Crippen LogP contribution in [0.2, 0.25) is 0 Å². The van der Waals surface area contributed by atoms with Crippen LogP contribution in [-0.4, -0.2) is 30.6 Å². The molecule has 2 rings (SSSR count). The Morgan fingerprint density at radius 3 is 2.37 bits per heavy atom. The standard InChI is InChI=1S/C16H26N2.ClH/c1-16(2,3)9-10-18-11-14(15(17)12-18)13-7-5-4-6-8-13;/h4-8,14-15H,9-12,17H2,1-3H3;1H/t14-,15+;/m0./s1. The third-order valence-corrected chi connectivity index (χ3v) is 3.85. The molecule has 19 heavy (non-hydrogen) atoms. The van der Waals surface area contributed by atoms with Gasteiger partial charge in [0.25, 0.3) is 0 Å². The zero-order valence-corrected chi connectivity index (χ0v) is 13.1. The molecule has 1 aliphatic rings. The first-order chi connectivity index (χ1) is 8.46. The average Bonchev–Trinajstić information content (AvgIpc) is 2.68. The van der Waals surface area contributed by atoms with E-state index in [0.717, 1.165) is 13.1 Å². The maximum absolute atomic E-state index is 6.30. The summed E-state index contributed by atoms with van der Waals surface area (Å²) in [6, 6.07) is 11.0.